The molecule has 0 atom stereocenters. The first kappa shape index (κ1) is 15.7. The summed E-state index contributed by atoms with van der Waals surface area (Å²) in [5, 5.41) is 11.3. The number of hydrogen-bond donors (Lipinski definition) is 1. The smallest absolute Gasteiger partial charge is 0.223 e. The second kappa shape index (κ2) is 6.68. The fourth-order valence-electron chi connectivity index (χ4n) is 1.81. The van der Waals surface area contributed by atoms with E-state index in [0.717, 1.165) is 31.5 Å². The summed E-state index contributed by atoms with van der Waals surface area (Å²) < 4.78 is 1.84. The van der Waals surface area contributed by atoms with Gasteiger partial charge in [0.05, 0.1) is 11.7 Å². The standard InChI is InChI=1S/C12H20N4O.C2H6/c1-4-7-16-8-10(14-15-16)12(5-6-12)13-11(17)9(2)3;1-2/h8-9H,4-7H2,1-3H3,(H,13,17);1-2H3. The molecule has 1 aromatic heterocycles. The maximum atomic E-state index is 11.7. The molecule has 0 bridgehead atoms. The SMILES string of the molecule is CC.CCCn1cc(C2(NC(=O)C(C)C)CC2)nn1. The molecule has 1 aromatic rings. The molecule has 1 saturated carbocycles. The predicted molar refractivity (Wildman–Crippen MR) is 75.6 cm³/mol. The van der Waals surface area contributed by atoms with Crippen LogP contribution < -0.4 is 5.32 Å². The molecule has 0 aliphatic heterocycles. The van der Waals surface area contributed by atoms with E-state index in [4.69, 9.17) is 0 Å². The highest BCUT2D eigenvalue weighted by Gasteiger charge is 2.48. The normalized spacial score (nSPS) is 15.7. The van der Waals surface area contributed by atoms with E-state index >= 15 is 0 Å². The summed E-state index contributed by atoms with van der Waals surface area (Å²) >= 11 is 0. The highest BCUT2D eigenvalue weighted by atomic mass is 16.2. The Morgan fingerprint density at radius 1 is 1.47 bits per heavy atom. The van der Waals surface area contributed by atoms with Gasteiger partial charge >= 0.3 is 0 Å². The van der Waals surface area contributed by atoms with Crippen molar-refractivity contribution in [2.45, 2.75) is 66.0 Å². The molecule has 1 N–H and O–H groups in total. The van der Waals surface area contributed by atoms with Crippen LogP contribution in [0.2, 0.25) is 0 Å². The average molecular weight is 266 g/mol. The van der Waals surface area contributed by atoms with Crippen LogP contribution in [0.15, 0.2) is 6.20 Å². The Labute approximate surface area is 115 Å². The van der Waals surface area contributed by atoms with Crippen molar-refractivity contribution in [3.05, 3.63) is 11.9 Å². The van der Waals surface area contributed by atoms with Gasteiger partial charge in [0.15, 0.2) is 0 Å². The van der Waals surface area contributed by atoms with Gasteiger partial charge in [-0.2, -0.15) is 0 Å². The number of hydrogen-bond acceptors (Lipinski definition) is 3. The molecular weight excluding hydrogens is 240 g/mol. The lowest BCUT2D eigenvalue weighted by molar-refractivity contribution is -0.125. The second-order valence-corrected chi connectivity index (χ2v) is 5.09. The maximum Gasteiger partial charge on any atom is 0.223 e. The van der Waals surface area contributed by atoms with Gasteiger partial charge in [-0.25, -0.2) is 0 Å². The van der Waals surface area contributed by atoms with Crippen molar-refractivity contribution in [2.24, 2.45) is 5.92 Å². The van der Waals surface area contributed by atoms with Crippen molar-refractivity contribution in [3.63, 3.8) is 0 Å². The van der Waals surface area contributed by atoms with Crippen LogP contribution in [-0.4, -0.2) is 20.9 Å². The van der Waals surface area contributed by atoms with E-state index in [1.165, 1.54) is 0 Å². The van der Waals surface area contributed by atoms with E-state index < -0.39 is 0 Å². The van der Waals surface area contributed by atoms with E-state index in [9.17, 15) is 4.79 Å². The van der Waals surface area contributed by atoms with Crippen LogP contribution >= 0.6 is 0 Å². The third-order valence-corrected chi connectivity index (χ3v) is 3.12. The summed E-state index contributed by atoms with van der Waals surface area (Å²) in [5.41, 5.74) is 0.674. The molecule has 2 rings (SSSR count). The number of nitrogens with zero attached hydrogens (tertiary/aromatic N) is 3. The van der Waals surface area contributed by atoms with Gasteiger partial charge in [-0.05, 0) is 19.3 Å². The van der Waals surface area contributed by atoms with Crippen molar-refractivity contribution in [1.29, 1.82) is 0 Å². The van der Waals surface area contributed by atoms with Crippen LogP contribution in [0.1, 0.15) is 59.6 Å². The molecular formula is C14H26N4O. The van der Waals surface area contributed by atoms with Crippen LogP contribution in [0.5, 0.6) is 0 Å². The molecule has 19 heavy (non-hydrogen) atoms. The fourth-order valence-corrected chi connectivity index (χ4v) is 1.81. The number of aromatic nitrogens is 3. The maximum absolute atomic E-state index is 11.7. The molecule has 0 spiro atoms. The summed E-state index contributed by atoms with van der Waals surface area (Å²) in [6.07, 6.45) is 4.93. The zero-order valence-corrected chi connectivity index (χ0v) is 12.7. The molecule has 1 amide bonds. The third-order valence-electron chi connectivity index (χ3n) is 3.12. The number of carbonyl (C=O) groups excluding carboxylic acids is 1. The van der Waals surface area contributed by atoms with E-state index in [-0.39, 0.29) is 17.4 Å². The minimum Gasteiger partial charge on any atom is -0.345 e. The Morgan fingerprint density at radius 3 is 2.58 bits per heavy atom. The molecule has 1 aliphatic rings. The first-order chi connectivity index (χ1) is 9.07. The molecule has 1 fully saturated rings. The van der Waals surface area contributed by atoms with Gasteiger partial charge < -0.3 is 5.32 Å². The molecule has 0 unspecified atom stereocenters. The topological polar surface area (TPSA) is 59.8 Å². The minimum absolute atomic E-state index is 0.0122. The van der Waals surface area contributed by atoms with Crippen LogP contribution in [0.25, 0.3) is 0 Å². The lowest BCUT2D eigenvalue weighted by Crippen LogP contribution is -2.37. The van der Waals surface area contributed by atoms with Gasteiger partial charge in [0.1, 0.15) is 5.69 Å². The Bertz CT molecular complexity index is 407. The quantitative estimate of drug-likeness (QED) is 0.890. The molecule has 1 heterocycles. The largest absolute Gasteiger partial charge is 0.345 e. The monoisotopic (exact) mass is 266 g/mol. The lowest BCUT2D eigenvalue weighted by atomic mass is 10.1. The van der Waals surface area contributed by atoms with Crippen molar-refractivity contribution < 1.29 is 4.79 Å². The molecule has 5 nitrogen and oxygen atoms in total. The van der Waals surface area contributed by atoms with Crippen LogP contribution in [0, 0.1) is 5.92 Å². The van der Waals surface area contributed by atoms with E-state index in [1.54, 1.807) is 0 Å². The highest BCUT2D eigenvalue weighted by molar-refractivity contribution is 5.79. The molecule has 0 saturated heterocycles. The van der Waals surface area contributed by atoms with Gasteiger partial charge in [-0.1, -0.05) is 39.8 Å². The van der Waals surface area contributed by atoms with Crippen molar-refractivity contribution >= 4 is 5.91 Å². The third kappa shape index (κ3) is 3.78. The van der Waals surface area contributed by atoms with Crippen molar-refractivity contribution in [2.75, 3.05) is 0 Å². The van der Waals surface area contributed by atoms with E-state index in [0.29, 0.717) is 0 Å². The zero-order valence-electron chi connectivity index (χ0n) is 12.7. The minimum atomic E-state index is -0.229. The Balaban J connectivity index is 0.000000861. The summed E-state index contributed by atoms with van der Waals surface area (Å²) in [6, 6.07) is 0. The Kier molecular flexibility index (Phi) is 5.51. The Morgan fingerprint density at radius 2 is 2.11 bits per heavy atom. The fraction of sp³-hybridized carbons (Fsp3) is 0.786. The molecule has 108 valence electrons. The molecule has 1 aliphatic carbocycles. The van der Waals surface area contributed by atoms with Crippen molar-refractivity contribution in [3.8, 4) is 0 Å². The summed E-state index contributed by atoms with van der Waals surface area (Å²) in [4.78, 5) is 11.7. The highest BCUT2D eigenvalue weighted by Crippen LogP contribution is 2.44. The summed E-state index contributed by atoms with van der Waals surface area (Å²) in [5.74, 6) is 0.103. The van der Waals surface area contributed by atoms with Crippen LogP contribution in [0.4, 0.5) is 0 Å². The van der Waals surface area contributed by atoms with Gasteiger partial charge in [-0.3, -0.25) is 9.48 Å². The first-order valence-corrected chi connectivity index (χ1v) is 7.30. The lowest BCUT2D eigenvalue weighted by Gasteiger charge is -2.16. The first-order valence-electron chi connectivity index (χ1n) is 7.30. The second-order valence-electron chi connectivity index (χ2n) is 5.09. The zero-order chi connectivity index (χ0) is 14.5. The van der Waals surface area contributed by atoms with Gasteiger partial charge in [0.2, 0.25) is 5.91 Å². The molecule has 0 aromatic carbocycles. The van der Waals surface area contributed by atoms with E-state index in [1.807, 2.05) is 38.6 Å². The summed E-state index contributed by atoms with van der Waals surface area (Å²) in [7, 11) is 0. The number of amides is 1. The average Bonchev–Trinajstić information content (AvgIpc) is 3.02. The Hall–Kier alpha value is -1.39. The predicted octanol–water partition coefficient (Wildman–Crippen LogP) is 2.48. The number of carbonyl (C=O) groups is 1. The molecule has 0 radical (unpaired) electrons. The van der Waals surface area contributed by atoms with Gasteiger partial charge in [-0.15, -0.1) is 5.10 Å². The van der Waals surface area contributed by atoms with Gasteiger partial charge in [0.25, 0.3) is 0 Å². The summed E-state index contributed by atoms with van der Waals surface area (Å²) in [6.45, 7) is 10.8. The van der Waals surface area contributed by atoms with Crippen LogP contribution in [-0.2, 0) is 16.9 Å². The number of nitrogens with one attached hydrogen (secondary N) is 1. The van der Waals surface area contributed by atoms with Crippen LogP contribution in [0.3, 0.4) is 0 Å². The molecule has 5 heteroatoms. The van der Waals surface area contributed by atoms with Gasteiger partial charge in [0, 0.05) is 12.5 Å². The number of aryl methyl sites for hydroxylation is 1. The van der Waals surface area contributed by atoms with Crippen molar-refractivity contribution in [1.82, 2.24) is 20.3 Å². The number of rotatable bonds is 5. The van der Waals surface area contributed by atoms with E-state index in [2.05, 4.69) is 22.6 Å².